The van der Waals surface area contributed by atoms with E-state index in [2.05, 4.69) is 24.5 Å². The van der Waals surface area contributed by atoms with Crippen molar-refractivity contribution in [2.45, 2.75) is 190 Å². The fourth-order valence-electron chi connectivity index (χ4n) is 7.80. The van der Waals surface area contributed by atoms with Gasteiger partial charge in [-0.25, -0.2) is 4.79 Å². The molecule has 0 aromatic carbocycles. The Kier molecular flexibility index (Phi) is 19.7. The van der Waals surface area contributed by atoms with E-state index < -0.39 is 128 Å². The molecule has 0 aliphatic carbocycles. The maximum Gasteiger partial charge on any atom is 0.330 e. The number of aromatic nitrogens is 2. The summed E-state index contributed by atoms with van der Waals surface area (Å²) in [6.45, 7) is 4.83. The van der Waals surface area contributed by atoms with Crippen LogP contribution in [0.15, 0.2) is 34.0 Å². The summed E-state index contributed by atoms with van der Waals surface area (Å²) in [6, 6.07) is -2.01. The van der Waals surface area contributed by atoms with Crippen molar-refractivity contribution < 1.29 is 69.4 Å². The second kappa shape index (κ2) is 23.9. The molecule has 20 nitrogen and oxygen atoms in total. The summed E-state index contributed by atoms with van der Waals surface area (Å²) in [5.41, 5.74) is -1.68. The van der Waals surface area contributed by atoms with Crippen molar-refractivity contribution in [1.82, 2.24) is 20.2 Å². The monoisotopic (exact) mass is 858 g/mol. The van der Waals surface area contributed by atoms with Crippen LogP contribution in [0.5, 0.6) is 0 Å². The van der Waals surface area contributed by atoms with E-state index in [9.17, 15) is 60.0 Å². The molecule has 3 saturated heterocycles. The second-order valence-electron chi connectivity index (χ2n) is 16.5. The molecule has 11 N–H and O–H groups in total. The summed E-state index contributed by atoms with van der Waals surface area (Å²) in [6.07, 6.45) is -6.31. The van der Waals surface area contributed by atoms with E-state index in [1.807, 2.05) is 4.98 Å². The largest absolute Gasteiger partial charge is 0.394 e. The van der Waals surface area contributed by atoms with Crippen LogP contribution in [0.1, 0.15) is 104 Å². The van der Waals surface area contributed by atoms with E-state index in [0.717, 1.165) is 55.4 Å². The fraction of sp³-hybridized carbons (Fsp3) is 0.800. The lowest BCUT2D eigenvalue weighted by atomic mass is 9.91. The molecule has 342 valence electrons. The molecule has 0 bridgehead atoms. The van der Waals surface area contributed by atoms with E-state index >= 15 is 0 Å². The molecule has 2 amide bonds. The second-order valence-corrected chi connectivity index (χ2v) is 16.5. The summed E-state index contributed by atoms with van der Waals surface area (Å²) < 4.78 is 24.1. The number of rotatable bonds is 22. The number of amides is 2. The summed E-state index contributed by atoms with van der Waals surface area (Å²) in [5.74, 6) is -0.604. The molecule has 15 atom stereocenters. The molecule has 20 heteroatoms. The van der Waals surface area contributed by atoms with Crippen LogP contribution in [0.25, 0.3) is 0 Å². The molecule has 4 rings (SSSR count). The first kappa shape index (κ1) is 49.5. The highest BCUT2D eigenvalue weighted by Gasteiger charge is 2.53. The Morgan fingerprint density at radius 1 is 0.800 bits per heavy atom. The van der Waals surface area contributed by atoms with Crippen molar-refractivity contribution in [3.8, 4) is 0 Å². The van der Waals surface area contributed by atoms with Crippen LogP contribution < -0.4 is 21.9 Å². The minimum absolute atomic E-state index is 0.597. The zero-order valence-electron chi connectivity index (χ0n) is 34.5. The maximum atomic E-state index is 13.2. The lowest BCUT2D eigenvalue weighted by Gasteiger charge is -2.47. The van der Waals surface area contributed by atoms with Crippen molar-refractivity contribution in [3.63, 3.8) is 0 Å². The van der Waals surface area contributed by atoms with Gasteiger partial charge in [0.2, 0.25) is 11.8 Å². The van der Waals surface area contributed by atoms with Crippen molar-refractivity contribution in [2.24, 2.45) is 5.92 Å². The minimum Gasteiger partial charge on any atom is -0.394 e. The molecule has 1 aromatic heterocycles. The molecule has 0 radical (unpaired) electrons. The van der Waals surface area contributed by atoms with Crippen LogP contribution in [0, 0.1) is 5.92 Å². The highest BCUT2D eigenvalue weighted by Crippen LogP contribution is 2.34. The Morgan fingerprint density at radius 2 is 1.37 bits per heavy atom. The van der Waals surface area contributed by atoms with Gasteiger partial charge in [0.25, 0.3) is 5.56 Å². The van der Waals surface area contributed by atoms with Crippen molar-refractivity contribution in [3.05, 3.63) is 45.3 Å². The standard InChI is InChI=1S/C40H66N4O16/c1-21(2)15-13-11-9-7-5-4-6-8-10-12-14-16-26(48)42-29-33(53)30(50)24(57-39(29)60-38-28(41-22(3)46)32(52)31(51)25(20-45)58-38)19-23(47)36-34(54)35(55)37(59-36)44-18-17-27(49)43-40(44)56/h14,16-18,21,23-25,28-39,45,47,50-55H,4-13,15,19-20H2,1-3H3,(H,41,46)(H,42,48)(H,43,49,56)/b16-14+/t23?,24?,25-,28-,29-,30+,31-,32-,33-,34+,35-,36-,37-,38-,39+/m1/s1. The van der Waals surface area contributed by atoms with Gasteiger partial charge in [-0.2, -0.15) is 0 Å². The van der Waals surface area contributed by atoms with E-state index in [-0.39, 0.29) is 0 Å². The zero-order chi connectivity index (χ0) is 44.1. The first-order valence-electron chi connectivity index (χ1n) is 21.1. The van der Waals surface area contributed by atoms with Crippen LogP contribution in [-0.4, -0.2) is 155 Å². The van der Waals surface area contributed by atoms with Gasteiger partial charge in [0.15, 0.2) is 18.8 Å². The lowest BCUT2D eigenvalue weighted by molar-refractivity contribution is -0.346. The van der Waals surface area contributed by atoms with Gasteiger partial charge in [-0.3, -0.25) is 23.9 Å². The maximum absolute atomic E-state index is 13.2. The molecule has 3 aliphatic rings. The predicted molar refractivity (Wildman–Crippen MR) is 212 cm³/mol. The summed E-state index contributed by atoms with van der Waals surface area (Å²) in [4.78, 5) is 51.2. The molecule has 2 unspecified atom stereocenters. The van der Waals surface area contributed by atoms with Gasteiger partial charge in [-0.15, -0.1) is 0 Å². The number of carbonyl (C=O) groups excluding carboxylic acids is 2. The average Bonchev–Trinajstić information content (AvgIpc) is 3.49. The lowest BCUT2D eigenvalue weighted by Crippen LogP contribution is -2.68. The third-order valence-electron chi connectivity index (χ3n) is 11.2. The summed E-state index contributed by atoms with van der Waals surface area (Å²) in [5, 5.41) is 91.5. The Bertz CT molecular complexity index is 1630. The molecule has 4 heterocycles. The van der Waals surface area contributed by atoms with Gasteiger partial charge >= 0.3 is 5.69 Å². The van der Waals surface area contributed by atoms with Crippen LogP contribution in [0.4, 0.5) is 0 Å². The normalized spacial score (nSPS) is 33.9. The smallest absolute Gasteiger partial charge is 0.330 e. The van der Waals surface area contributed by atoms with Gasteiger partial charge in [0.1, 0.15) is 60.9 Å². The fourth-order valence-corrected chi connectivity index (χ4v) is 7.80. The number of nitrogens with one attached hydrogen (secondary N) is 3. The zero-order valence-corrected chi connectivity index (χ0v) is 34.5. The first-order valence-corrected chi connectivity index (χ1v) is 21.1. The van der Waals surface area contributed by atoms with Crippen LogP contribution >= 0.6 is 0 Å². The molecular weight excluding hydrogens is 792 g/mol. The highest BCUT2D eigenvalue weighted by molar-refractivity contribution is 5.87. The highest BCUT2D eigenvalue weighted by atomic mass is 16.8. The topological polar surface area (TPSA) is 312 Å². The third kappa shape index (κ3) is 13.7. The SMILES string of the molecule is CC(=O)N[C@H]1[C@@H](O[C@@H]2OC(CC(O)[C@H]3O[C@@H](n4ccc(=O)[nH]c4=O)[C@H](O)[C@@H]3O)[C@H](O)[C@H](O)[C@H]2NC(=O)/C=C/CCCCCCCCCCCC(C)C)O[C@H](CO)[C@@H](O)[C@@H]1O. The molecular formula is C40H66N4O16. The Labute approximate surface area is 348 Å². The van der Waals surface area contributed by atoms with E-state index in [1.165, 1.54) is 44.6 Å². The molecule has 3 fully saturated rings. The van der Waals surface area contributed by atoms with Gasteiger partial charge in [-0.1, -0.05) is 77.7 Å². The number of aliphatic hydroxyl groups is 8. The Hall–Kier alpha value is -3.12. The molecule has 3 aliphatic heterocycles. The molecule has 0 spiro atoms. The van der Waals surface area contributed by atoms with Crippen LogP contribution in [0.2, 0.25) is 0 Å². The molecule has 60 heavy (non-hydrogen) atoms. The number of unbranched alkanes of at least 4 members (excludes halogenated alkanes) is 9. The number of hydrogen-bond acceptors (Lipinski definition) is 16. The van der Waals surface area contributed by atoms with Crippen molar-refractivity contribution in [1.29, 1.82) is 0 Å². The van der Waals surface area contributed by atoms with Crippen molar-refractivity contribution >= 4 is 11.8 Å². The van der Waals surface area contributed by atoms with Gasteiger partial charge in [0.05, 0.1) is 18.8 Å². The summed E-state index contributed by atoms with van der Waals surface area (Å²) >= 11 is 0. The Balaban J connectivity index is 1.42. The number of nitrogens with zero attached hydrogens (tertiary/aromatic N) is 1. The predicted octanol–water partition coefficient (Wildman–Crippen LogP) is -1.70. The molecule has 1 aromatic rings. The number of allylic oxidation sites excluding steroid dienone is 1. The van der Waals surface area contributed by atoms with Crippen LogP contribution in [0.3, 0.4) is 0 Å². The third-order valence-corrected chi connectivity index (χ3v) is 11.2. The average molecular weight is 859 g/mol. The van der Waals surface area contributed by atoms with E-state index in [1.54, 1.807) is 6.08 Å². The number of carbonyl (C=O) groups is 2. The number of hydrogen-bond donors (Lipinski definition) is 11. The van der Waals surface area contributed by atoms with Crippen LogP contribution in [-0.2, 0) is 28.5 Å². The quantitative estimate of drug-likeness (QED) is 0.0458. The van der Waals surface area contributed by atoms with Gasteiger partial charge < -0.3 is 70.4 Å². The molecule has 0 saturated carbocycles. The van der Waals surface area contributed by atoms with Gasteiger partial charge in [0, 0.05) is 25.6 Å². The van der Waals surface area contributed by atoms with Crippen molar-refractivity contribution in [2.75, 3.05) is 6.61 Å². The van der Waals surface area contributed by atoms with E-state index in [4.69, 9.17) is 18.9 Å². The summed E-state index contributed by atoms with van der Waals surface area (Å²) in [7, 11) is 0. The van der Waals surface area contributed by atoms with E-state index in [0.29, 0.717) is 6.42 Å². The number of ether oxygens (including phenoxy) is 4. The van der Waals surface area contributed by atoms with Gasteiger partial charge in [-0.05, 0) is 24.8 Å². The number of aliphatic hydroxyl groups excluding tert-OH is 8. The first-order chi connectivity index (χ1) is 28.5. The Morgan fingerprint density at radius 3 is 1.95 bits per heavy atom. The minimum atomic E-state index is -1.85. The number of H-pyrrole nitrogens is 1. The number of aromatic amines is 1.